The number of nitrogens with one attached hydrogen (secondary N) is 1. The van der Waals surface area contributed by atoms with Crippen LogP contribution in [0.3, 0.4) is 0 Å². The first kappa shape index (κ1) is 20.9. The smallest absolute Gasteiger partial charge is 0.307 e. The Balaban J connectivity index is 1.84. The third kappa shape index (κ3) is 5.79. The minimum Gasteiger partial charge on any atom is -0.452 e. The molecule has 0 bridgehead atoms. The van der Waals surface area contributed by atoms with Gasteiger partial charge in [0.2, 0.25) is 10.0 Å². The number of halogens is 2. The van der Waals surface area contributed by atoms with Crippen molar-refractivity contribution >= 4 is 16.0 Å². The van der Waals surface area contributed by atoms with Crippen LogP contribution in [0, 0.1) is 11.6 Å². The SMILES string of the molecule is CCCc1noc(C(C)OC(=O)CCNS(=O)(=O)c2ccc(F)c(F)c2)n1. The zero-order valence-electron chi connectivity index (χ0n) is 14.7. The summed E-state index contributed by atoms with van der Waals surface area (Å²) in [5.74, 6) is -2.47. The van der Waals surface area contributed by atoms with Crippen molar-refractivity contribution in [2.45, 2.75) is 44.1 Å². The Kier molecular flexibility index (Phi) is 6.97. The average molecular weight is 403 g/mol. The number of rotatable bonds is 9. The van der Waals surface area contributed by atoms with Crippen molar-refractivity contribution in [1.29, 1.82) is 0 Å². The molecule has 0 aliphatic carbocycles. The third-order valence-electron chi connectivity index (χ3n) is 3.44. The Bertz CT molecular complexity index is 901. The maximum atomic E-state index is 13.2. The average Bonchev–Trinajstić information content (AvgIpc) is 3.06. The molecular weight excluding hydrogens is 384 g/mol. The number of carbonyl (C=O) groups is 1. The number of carbonyl (C=O) groups excluding carboxylic acids is 1. The summed E-state index contributed by atoms with van der Waals surface area (Å²) in [7, 11) is -4.08. The van der Waals surface area contributed by atoms with Crippen molar-refractivity contribution < 1.29 is 31.3 Å². The van der Waals surface area contributed by atoms with E-state index in [9.17, 15) is 22.0 Å². The number of ether oxygens (including phenoxy) is 1. The first-order valence-electron chi connectivity index (χ1n) is 8.19. The van der Waals surface area contributed by atoms with Crippen molar-refractivity contribution in [2.75, 3.05) is 6.54 Å². The lowest BCUT2D eigenvalue weighted by atomic mass is 10.3. The van der Waals surface area contributed by atoms with Crippen molar-refractivity contribution in [3.8, 4) is 0 Å². The summed E-state index contributed by atoms with van der Waals surface area (Å²) < 4.78 is 62.3. The number of sulfonamides is 1. The van der Waals surface area contributed by atoms with Crippen molar-refractivity contribution in [1.82, 2.24) is 14.9 Å². The molecule has 1 aromatic carbocycles. The van der Waals surface area contributed by atoms with E-state index in [-0.39, 0.29) is 18.9 Å². The lowest BCUT2D eigenvalue weighted by Crippen LogP contribution is -2.27. The number of hydrogen-bond donors (Lipinski definition) is 1. The molecular formula is C16H19F2N3O5S. The maximum Gasteiger partial charge on any atom is 0.307 e. The second-order valence-corrected chi connectivity index (χ2v) is 7.42. The van der Waals surface area contributed by atoms with E-state index in [2.05, 4.69) is 14.9 Å². The van der Waals surface area contributed by atoms with E-state index in [1.807, 2.05) is 6.92 Å². The number of aryl methyl sites for hydroxylation is 1. The molecule has 27 heavy (non-hydrogen) atoms. The molecule has 2 aromatic rings. The van der Waals surface area contributed by atoms with Crippen LogP contribution in [0.15, 0.2) is 27.6 Å². The molecule has 0 fully saturated rings. The van der Waals surface area contributed by atoms with Gasteiger partial charge in [0.25, 0.3) is 5.89 Å². The highest BCUT2D eigenvalue weighted by Gasteiger charge is 2.20. The zero-order chi connectivity index (χ0) is 20.0. The minimum atomic E-state index is -4.08. The van der Waals surface area contributed by atoms with Gasteiger partial charge in [-0.2, -0.15) is 4.98 Å². The molecule has 0 saturated heterocycles. The van der Waals surface area contributed by atoms with Crippen LogP contribution in [-0.2, 0) is 26.0 Å². The van der Waals surface area contributed by atoms with E-state index in [0.29, 0.717) is 24.4 Å². The summed E-state index contributed by atoms with van der Waals surface area (Å²) >= 11 is 0. The molecule has 0 spiro atoms. The van der Waals surface area contributed by atoms with Crippen LogP contribution in [0.1, 0.15) is 44.5 Å². The van der Waals surface area contributed by atoms with Gasteiger partial charge in [0.15, 0.2) is 23.6 Å². The summed E-state index contributed by atoms with van der Waals surface area (Å²) in [5.41, 5.74) is 0. The topological polar surface area (TPSA) is 111 Å². The van der Waals surface area contributed by atoms with Gasteiger partial charge in [0.05, 0.1) is 11.3 Å². The predicted molar refractivity (Wildman–Crippen MR) is 89.0 cm³/mol. The monoisotopic (exact) mass is 403 g/mol. The molecule has 8 nitrogen and oxygen atoms in total. The van der Waals surface area contributed by atoms with Gasteiger partial charge in [0, 0.05) is 13.0 Å². The third-order valence-corrected chi connectivity index (χ3v) is 4.89. The Morgan fingerprint density at radius 2 is 2.07 bits per heavy atom. The van der Waals surface area contributed by atoms with Crippen LogP contribution in [0.5, 0.6) is 0 Å². The lowest BCUT2D eigenvalue weighted by molar-refractivity contribution is -0.149. The fraction of sp³-hybridized carbons (Fsp3) is 0.438. The quantitative estimate of drug-likeness (QED) is 0.639. The van der Waals surface area contributed by atoms with Gasteiger partial charge in [0.1, 0.15) is 0 Å². The van der Waals surface area contributed by atoms with Crippen molar-refractivity contribution in [3.05, 3.63) is 41.5 Å². The van der Waals surface area contributed by atoms with Gasteiger partial charge in [-0.15, -0.1) is 0 Å². The maximum absolute atomic E-state index is 13.2. The number of hydrogen-bond acceptors (Lipinski definition) is 7. The lowest BCUT2D eigenvalue weighted by Gasteiger charge is -2.10. The standard InChI is InChI=1S/C16H19F2N3O5S/c1-3-4-14-20-16(26-21-14)10(2)25-15(22)7-8-19-27(23,24)11-5-6-12(17)13(18)9-11/h5-6,9-10,19H,3-4,7-8H2,1-2H3. The van der Waals surface area contributed by atoms with Gasteiger partial charge >= 0.3 is 5.97 Å². The molecule has 0 radical (unpaired) electrons. The molecule has 2 rings (SSSR count). The minimum absolute atomic E-state index is 0.147. The van der Waals surface area contributed by atoms with E-state index in [0.717, 1.165) is 12.5 Å². The molecule has 1 aromatic heterocycles. The molecule has 0 aliphatic rings. The number of benzene rings is 1. The van der Waals surface area contributed by atoms with Gasteiger partial charge in [-0.05, 0) is 31.5 Å². The highest BCUT2D eigenvalue weighted by atomic mass is 32.2. The van der Waals surface area contributed by atoms with Gasteiger partial charge in [-0.25, -0.2) is 21.9 Å². The number of esters is 1. The fourth-order valence-electron chi connectivity index (χ4n) is 2.08. The Labute approximate surface area is 155 Å². The first-order chi connectivity index (χ1) is 12.7. The zero-order valence-corrected chi connectivity index (χ0v) is 15.6. The largest absolute Gasteiger partial charge is 0.452 e. The van der Waals surface area contributed by atoms with Crippen LogP contribution in [0.4, 0.5) is 8.78 Å². The van der Waals surface area contributed by atoms with Crippen molar-refractivity contribution in [2.24, 2.45) is 0 Å². The van der Waals surface area contributed by atoms with E-state index in [1.54, 1.807) is 6.92 Å². The number of aromatic nitrogens is 2. The van der Waals surface area contributed by atoms with Gasteiger partial charge in [-0.3, -0.25) is 4.79 Å². The van der Waals surface area contributed by atoms with Crippen LogP contribution in [0.25, 0.3) is 0 Å². The summed E-state index contributed by atoms with van der Waals surface area (Å²) in [6.45, 7) is 3.23. The van der Waals surface area contributed by atoms with Crippen LogP contribution in [-0.4, -0.2) is 31.1 Å². The van der Waals surface area contributed by atoms with Crippen LogP contribution in [0.2, 0.25) is 0 Å². The van der Waals surface area contributed by atoms with Crippen LogP contribution >= 0.6 is 0 Å². The molecule has 1 N–H and O–H groups in total. The highest BCUT2D eigenvalue weighted by Crippen LogP contribution is 2.16. The summed E-state index contributed by atoms with van der Waals surface area (Å²) in [5, 5.41) is 3.75. The summed E-state index contributed by atoms with van der Waals surface area (Å²) in [6.07, 6.45) is 0.420. The molecule has 148 valence electrons. The second kappa shape index (κ2) is 9.00. The summed E-state index contributed by atoms with van der Waals surface area (Å²) in [4.78, 5) is 15.5. The summed E-state index contributed by atoms with van der Waals surface area (Å²) in [6, 6.07) is 2.18. The molecule has 1 unspecified atom stereocenters. The second-order valence-electron chi connectivity index (χ2n) is 5.65. The first-order valence-corrected chi connectivity index (χ1v) is 9.68. The molecule has 11 heteroatoms. The van der Waals surface area contributed by atoms with Crippen molar-refractivity contribution in [3.63, 3.8) is 0 Å². The van der Waals surface area contributed by atoms with Gasteiger partial charge in [-0.1, -0.05) is 12.1 Å². The van der Waals surface area contributed by atoms with E-state index in [1.165, 1.54) is 0 Å². The fourth-order valence-corrected chi connectivity index (χ4v) is 3.12. The number of nitrogens with zero attached hydrogens (tertiary/aromatic N) is 2. The molecule has 0 saturated carbocycles. The molecule has 1 heterocycles. The van der Waals surface area contributed by atoms with Crippen LogP contribution < -0.4 is 4.72 Å². The predicted octanol–water partition coefficient (Wildman–Crippen LogP) is 2.27. The van der Waals surface area contributed by atoms with E-state index >= 15 is 0 Å². The van der Waals surface area contributed by atoms with Gasteiger partial charge < -0.3 is 9.26 Å². The molecule has 0 amide bonds. The Morgan fingerprint density at radius 1 is 1.33 bits per heavy atom. The highest BCUT2D eigenvalue weighted by molar-refractivity contribution is 7.89. The normalized spacial score (nSPS) is 12.7. The van der Waals surface area contributed by atoms with E-state index in [4.69, 9.17) is 9.26 Å². The Morgan fingerprint density at radius 3 is 2.74 bits per heavy atom. The Hall–Kier alpha value is -2.40. The molecule has 0 aliphatic heterocycles. The molecule has 1 atom stereocenters. The van der Waals surface area contributed by atoms with E-state index < -0.39 is 38.6 Å².